The molecule has 0 saturated carbocycles. The van der Waals surface area contributed by atoms with Crippen molar-refractivity contribution < 1.29 is 22.7 Å². The fourth-order valence-corrected chi connectivity index (χ4v) is 6.04. The number of ether oxygens (including phenoxy) is 2. The molecular weight excluding hydrogens is 510 g/mol. The van der Waals surface area contributed by atoms with Crippen LogP contribution in [0.5, 0.6) is 11.5 Å². The molecule has 1 amide bonds. The molecule has 37 heavy (non-hydrogen) atoms. The first-order chi connectivity index (χ1) is 17.7. The lowest BCUT2D eigenvalue weighted by molar-refractivity contribution is -0.114. The SMILES string of the molecule is COc1ccc(N(CC(=O)Nc2cccc(-c3csc(C)n3)c2)S(=O)(=O)c2cc(C)ccc2OC)cc1. The summed E-state index contributed by atoms with van der Waals surface area (Å²) < 4.78 is 39.4. The first kappa shape index (κ1) is 26.2. The smallest absolute Gasteiger partial charge is 0.268 e. The first-order valence-corrected chi connectivity index (χ1v) is 13.7. The van der Waals surface area contributed by atoms with Gasteiger partial charge in [-0.2, -0.15) is 0 Å². The third kappa shape index (κ3) is 5.92. The Balaban J connectivity index is 1.67. The summed E-state index contributed by atoms with van der Waals surface area (Å²) >= 11 is 1.54. The first-order valence-electron chi connectivity index (χ1n) is 11.3. The molecule has 4 rings (SSSR count). The second-order valence-electron chi connectivity index (χ2n) is 8.24. The normalized spacial score (nSPS) is 11.1. The van der Waals surface area contributed by atoms with E-state index in [0.717, 1.165) is 26.1 Å². The van der Waals surface area contributed by atoms with Crippen LogP contribution in [-0.2, 0) is 14.8 Å². The van der Waals surface area contributed by atoms with Gasteiger partial charge in [-0.25, -0.2) is 13.4 Å². The molecule has 1 N–H and O–H groups in total. The fraction of sp³-hybridized carbons (Fsp3) is 0.185. The van der Waals surface area contributed by atoms with Crippen molar-refractivity contribution in [3.63, 3.8) is 0 Å². The van der Waals surface area contributed by atoms with Gasteiger partial charge in [-0.05, 0) is 67.9 Å². The zero-order valence-electron chi connectivity index (χ0n) is 20.9. The average Bonchev–Trinajstić information content (AvgIpc) is 3.33. The van der Waals surface area contributed by atoms with Crippen molar-refractivity contribution in [1.82, 2.24) is 4.98 Å². The predicted octanol–water partition coefficient (Wildman–Crippen LogP) is 5.28. The number of methoxy groups -OCH3 is 2. The number of rotatable bonds is 9. The van der Waals surface area contributed by atoms with E-state index >= 15 is 0 Å². The van der Waals surface area contributed by atoms with Crippen LogP contribution < -0.4 is 19.1 Å². The van der Waals surface area contributed by atoms with Crippen molar-refractivity contribution in [3.05, 3.63) is 82.7 Å². The number of aromatic nitrogens is 1. The zero-order chi connectivity index (χ0) is 26.6. The summed E-state index contributed by atoms with van der Waals surface area (Å²) in [5, 5.41) is 5.71. The predicted molar refractivity (Wildman–Crippen MR) is 146 cm³/mol. The molecule has 1 aromatic heterocycles. The van der Waals surface area contributed by atoms with Gasteiger partial charge < -0.3 is 14.8 Å². The molecule has 0 spiro atoms. The number of sulfonamides is 1. The second-order valence-corrected chi connectivity index (χ2v) is 11.1. The van der Waals surface area contributed by atoms with Gasteiger partial charge in [-0.15, -0.1) is 11.3 Å². The molecule has 192 valence electrons. The highest BCUT2D eigenvalue weighted by Gasteiger charge is 2.30. The maximum Gasteiger partial charge on any atom is 0.268 e. The standard InChI is InChI=1S/C27H27N3O5S2/c1-18-8-13-25(35-4)26(14-18)37(32,33)30(22-9-11-23(34-3)12-10-22)16-27(31)29-21-7-5-6-20(15-21)24-17-36-19(2)28-24/h5-15,17H,16H2,1-4H3,(H,29,31). The Kier molecular flexibility index (Phi) is 7.80. The van der Waals surface area contributed by atoms with Gasteiger partial charge >= 0.3 is 0 Å². The van der Waals surface area contributed by atoms with Crippen LogP contribution in [0.25, 0.3) is 11.3 Å². The zero-order valence-corrected chi connectivity index (χ0v) is 22.5. The summed E-state index contributed by atoms with van der Waals surface area (Å²) in [6, 6.07) is 18.6. The largest absolute Gasteiger partial charge is 0.497 e. The molecule has 3 aromatic carbocycles. The quantitative estimate of drug-likeness (QED) is 0.312. The Hall–Kier alpha value is -3.89. The van der Waals surface area contributed by atoms with E-state index in [1.165, 1.54) is 20.3 Å². The summed E-state index contributed by atoms with van der Waals surface area (Å²) in [7, 11) is -1.25. The number of benzene rings is 3. The van der Waals surface area contributed by atoms with Gasteiger partial charge in [-0.3, -0.25) is 9.10 Å². The molecule has 4 aromatic rings. The summed E-state index contributed by atoms with van der Waals surface area (Å²) in [5.74, 6) is 0.251. The van der Waals surface area contributed by atoms with Gasteiger partial charge in [0.15, 0.2) is 0 Å². The molecule has 0 radical (unpaired) electrons. The van der Waals surface area contributed by atoms with E-state index in [1.54, 1.807) is 60.7 Å². The van der Waals surface area contributed by atoms with Crippen LogP contribution in [0.15, 0.2) is 77.0 Å². The summed E-state index contributed by atoms with van der Waals surface area (Å²) in [5.41, 5.74) is 3.26. The number of carbonyl (C=O) groups is 1. The minimum atomic E-state index is -4.18. The highest BCUT2D eigenvalue weighted by atomic mass is 32.2. The van der Waals surface area contributed by atoms with E-state index in [1.807, 2.05) is 30.5 Å². The van der Waals surface area contributed by atoms with E-state index in [4.69, 9.17) is 9.47 Å². The highest BCUT2D eigenvalue weighted by molar-refractivity contribution is 7.93. The molecule has 0 atom stereocenters. The Morgan fingerprint density at radius 2 is 1.76 bits per heavy atom. The maximum absolute atomic E-state index is 13.9. The van der Waals surface area contributed by atoms with Crippen molar-refractivity contribution >= 4 is 38.6 Å². The number of aryl methyl sites for hydroxylation is 2. The molecule has 10 heteroatoms. The highest BCUT2D eigenvalue weighted by Crippen LogP contribution is 2.32. The number of nitrogens with one attached hydrogen (secondary N) is 1. The van der Waals surface area contributed by atoms with Gasteiger partial charge in [0.2, 0.25) is 5.91 Å². The van der Waals surface area contributed by atoms with Gasteiger partial charge in [0.1, 0.15) is 22.9 Å². The summed E-state index contributed by atoms with van der Waals surface area (Å²) in [6.45, 7) is 3.27. The number of hydrogen-bond acceptors (Lipinski definition) is 7. The summed E-state index contributed by atoms with van der Waals surface area (Å²) in [4.78, 5) is 17.6. The number of thiazole rings is 1. The van der Waals surface area contributed by atoms with E-state index in [9.17, 15) is 13.2 Å². The molecule has 0 fully saturated rings. The number of hydrogen-bond donors (Lipinski definition) is 1. The van der Waals surface area contributed by atoms with E-state index in [-0.39, 0.29) is 10.6 Å². The molecule has 1 heterocycles. The lowest BCUT2D eigenvalue weighted by Gasteiger charge is -2.25. The molecule has 0 saturated heterocycles. The fourth-order valence-electron chi connectivity index (χ4n) is 3.75. The third-order valence-corrected chi connectivity index (χ3v) is 8.16. The molecule has 0 bridgehead atoms. The number of amides is 1. The topological polar surface area (TPSA) is 97.8 Å². The van der Waals surface area contributed by atoms with Crippen molar-refractivity contribution in [2.75, 3.05) is 30.4 Å². The van der Waals surface area contributed by atoms with Crippen LogP contribution in [-0.4, -0.2) is 40.1 Å². The van der Waals surface area contributed by atoms with Gasteiger partial charge in [-0.1, -0.05) is 18.2 Å². The molecular formula is C27H27N3O5S2. The van der Waals surface area contributed by atoms with Crippen molar-refractivity contribution in [2.45, 2.75) is 18.7 Å². The van der Waals surface area contributed by atoms with Gasteiger partial charge in [0, 0.05) is 16.6 Å². The van der Waals surface area contributed by atoms with Crippen LogP contribution in [0.4, 0.5) is 11.4 Å². The minimum Gasteiger partial charge on any atom is -0.497 e. The molecule has 0 aliphatic carbocycles. The lowest BCUT2D eigenvalue weighted by Crippen LogP contribution is -2.38. The van der Waals surface area contributed by atoms with E-state index < -0.39 is 22.5 Å². The molecule has 0 unspecified atom stereocenters. The molecule has 0 aliphatic heterocycles. The average molecular weight is 538 g/mol. The molecule has 8 nitrogen and oxygen atoms in total. The monoisotopic (exact) mass is 537 g/mol. The Morgan fingerprint density at radius 1 is 1.00 bits per heavy atom. The number of nitrogens with zero attached hydrogens (tertiary/aromatic N) is 2. The number of carbonyl (C=O) groups excluding carboxylic acids is 1. The Bertz CT molecular complexity index is 1520. The Morgan fingerprint density at radius 3 is 2.41 bits per heavy atom. The van der Waals surface area contributed by atoms with Gasteiger partial charge in [0.25, 0.3) is 10.0 Å². The van der Waals surface area contributed by atoms with Crippen molar-refractivity contribution in [2.24, 2.45) is 0 Å². The number of anilines is 2. The van der Waals surface area contributed by atoms with E-state index in [0.29, 0.717) is 17.1 Å². The Labute approximate surface area is 220 Å². The van der Waals surface area contributed by atoms with Crippen LogP contribution in [0.2, 0.25) is 0 Å². The third-order valence-electron chi connectivity index (χ3n) is 5.60. The van der Waals surface area contributed by atoms with Crippen LogP contribution >= 0.6 is 11.3 Å². The van der Waals surface area contributed by atoms with Crippen molar-refractivity contribution in [1.29, 1.82) is 0 Å². The van der Waals surface area contributed by atoms with E-state index in [2.05, 4.69) is 10.3 Å². The van der Waals surface area contributed by atoms with Crippen molar-refractivity contribution in [3.8, 4) is 22.8 Å². The van der Waals surface area contributed by atoms with Gasteiger partial charge in [0.05, 0.1) is 30.6 Å². The van der Waals surface area contributed by atoms with Crippen LogP contribution in [0.1, 0.15) is 10.6 Å². The van der Waals surface area contributed by atoms with Crippen LogP contribution in [0.3, 0.4) is 0 Å². The lowest BCUT2D eigenvalue weighted by atomic mass is 10.1. The van der Waals surface area contributed by atoms with Crippen LogP contribution in [0, 0.1) is 13.8 Å². The maximum atomic E-state index is 13.9. The minimum absolute atomic E-state index is 0.0282. The second kappa shape index (κ2) is 11.0. The molecule has 0 aliphatic rings. The summed E-state index contributed by atoms with van der Waals surface area (Å²) in [6.07, 6.45) is 0.